The summed E-state index contributed by atoms with van der Waals surface area (Å²) in [4.78, 5) is 15.1. The Bertz CT molecular complexity index is 1270. The lowest BCUT2D eigenvalue weighted by Gasteiger charge is -2.26. The van der Waals surface area contributed by atoms with Crippen molar-refractivity contribution in [2.75, 3.05) is 32.1 Å². The normalized spacial score (nSPS) is 11.2. The molecule has 0 saturated heterocycles. The molecule has 0 saturated carbocycles. The van der Waals surface area contributed by atoms with E-state index in [0.717, 1.165) is 5.56 Å². The Balaban J connectivity index is 1.85. The van der Waals surface area contributed by atoms with Gasteiger partial charge in [0.05, 0.1) is 25.2 Å². The first-order chi connectivity index (χ1) is 15.4. The summed E-state index contributed by atoms with van der Waals surface area (Å²) in [5.74, 6) is -1.15. The molecule has 0 atom stereocenters. The van der Waals surface area contributed by atoms with E-state index in [1.54, 1.807) is 43.2 Å². The molecule has 0 amide bonds. The van der Waals surface area contributed by atoms with Crippen molar-refractivity contribution in [2.45, 2.75) is 6.92 Å². The lowest BCUT2D eigenvalue weighted by molar-refractivity contribution is 0.383. The molecule has 166 valence electrons. The summed E-state index contributed by atoms with van der Waals surface area (Å²) in [6.07, 6.45) is 5.15. The highest BCUT2D eigenvalue weighted by Crippen LogP contribution is 2.36. The number of ether oxygens (including phenoxy) is 1. The van der Waals surface area contributed by atoms with Gasteiger partial charge in [-0.1, -0.05) is 0 Å². The summed E-state index contributed by atoms with van der Waals surface area (Å²) < 4.78 is 37.1. The van der Waals surface area contributed by atoms with Crippen LogP contribution in [0.25, 0.3) is 22.4 Å². The molecule has 4 rings (SSSR count). The van der Waals surface area contributed by atoms with Gasteiger partial charge in [0.2, 0.25) is 0 Å². The number of methoxy groups -OCH3 is 1. The number of hydrogen-bond donors (Lipinski definition) is 1. The van der Waals surface area contributed by atoms with Crippen molar-refractivity contribution < 1.29 is 13.5 Å². The van der Waals surface area contributed by atoms with Crippen LogP contribution in [0.1, 0.15) is 5.56 Å². The summed E-state index contributed by atoms with van der Waals surface area (Å²) in [6.45, 7) is 2.30. The third kappa shape index (κ3) is 3.96. The van der Waals surface area contributed by atoms with Gasteiger partial charge in [0.25, 0.3) is 0 Å². The zero-order valence-electron chi connectivity index (χ0n) is 18.2. The number of nitrogens with zero attached hydrogens (tertiary/aromatic N) is 6. The van der Waals surface area contributed by atoms with Gasteiger partial charge in [-0.25, -0.2) is 18.7 Å². The van der Waals surface area contributed by atoms with Crippen LogP contribution in [0.3, 0.4) is 0 Å². The molecule has 10 heteroatoms. The van der Waals surface area contributed by atoms with E-state index in [4.69, 9.17) is 4.74 Å². The Hall–Kier alpha value is -3.66. The largest absolute Gasteiger partial charge is 0.494 e. The van der Waals surface area contributed by atoms with Crippen LogP contribution in [-0.2, 0) is 7.05 Å². The molecule has 32 heavy (non-hydrogen) atoms. The summed E-state index contributed by atoms with van der Waals surface area (Å²) in [5, 5.41) is 7.16. The Morgan fingerprint density at radius 2 is 1.97 bits per heavy atom. The van der Waals surface area contributed by atoms with Gasteiger partial charge in [-0.2, -0.15) is 5.10 Å². The minimum atomic E-state index is -0.788. The monoisotopic (exact) mass is 439 g/mol. The molecule has 3 aromatic heterocycles. The van der Waals surface area contributed by atoms with Crippen molar-refractivity contribution in [1.29, 1.82) is 0 Å². The second-order valence-electron chi connectivity index (χ2n) is 7.30. The van der Waals surface area contributed by atoms with E-state index in [1.165, 1.54) is 18.1 Å². The second kappa shape index (κ2) is 8.83. The first-order valence-corrected chi connectivity index (χ1v) is 10.0. The van der Waals surface area contributed by atoms with Crippen molar-refractivity contribution >= 4 is 22.7 Å². The van der Waals surface area contributed by atoms with Crippen molar-refractivity contribution in [3.05, 3.63) is 54.0 Å². The van der Waals surface area contributed by atoms with Crippen LogP contribution in [0.4, 0.5) is 20.3 Å². The molecular weight excluding hydrogens is 416 g/mol. The highest BCUT2D eigenvalue weighted by atomic mass is 19.1. The molecule has 0 radical (unpaired) electrons. The Kier molecular flexibility index (Phi) is 5.95. The minimum absolute atomic E-state index is 0.0344. The predicted octanol–water partition coefficient (Wildman–Crippen LogP) is 3.38. The van der Waals surface area contributed by atoms with Crippen LogP contribution < -0.4 is 15.0 Å². The molecule has 0 fully saturated rings. The highest BCUT2D eigenvalue weighted by molar-refractivity contribution is 5.77. The molecule has 3 heterocycles. The van der Waals surface area contributed by atoms with E-state index in [-0.39, 0.29) is 23.5 Å². The molecule has 0 aliphatic heterocycles. The Morgan fingerprint density at radius 1 is 1.16 bits per heavy atom. The number of aryl methyl sites for hydroxylation is 2. The number of benzene rings is 1. The van der Waals surface area contributed by atoms with Gasteiger partial charge in [-0.15, -0.1) is 0 Å². The van der Waals surface area contributed by atoms with Gasteiger partial charge in [0, 0.05) is 31.9 Å². The van der Waals surface area contributed by atoms with Gasteiger partial charge >= 0.3 is 0 Å². The number of hydrogen-bond acceptors (Lipinski definition) is 7. The fourth-order valence-electron chi connectivity index (χ4n) is 3.40. The van der Waals surface area contributed by atoms with E-state index in [9.17, 15) is 0 Å². The molecule has 1 N–H and O–H groups in total. The van der Waals surface area contributed by atoms with Crippen LogP contribution in [0.5, 0.6) is 5.75 Å². The van der Waals surface area contributed by atoms with Crippen LogP contribution in [0, 0.1) is 18.6 Å². The van der Waals surface area contributed by atoms with E-state index in [2.05, 4.69) is 25.4 Å². The third-order valence-electron chi connectivity index (χ3n) is 5.07. The van der Waals surface area contributed by atoms with Gasteiger partial charge in [-0.05, 0) is 37.7 Å². The molecule has 0 aliphatic rings. The maximum Gasteiger partial charge on any atom is 0.191 e. The molecule has 0 spiro atoms. The number of halogens is 2. The first kappa shape index (κ1) is 21.6. The van der Waals surface area contributed by atoms with Crippen molar-refractivity contribution in [3.8, 4) is 17.0 Å². The van der Waals surface area contributed by atoms with Gasteiger partial charge in [0.15, 0.2) is 23.0 Å². The van der Waals surface area contributed by atoms with Crippen LogP contribution in [0.15, 0.2) is 36.8 Å². The number of rotatable bonds is 7. The van der Waals surface area contributed by atoms with Crippen molar-refractivity contribution in [2.24, 2.45) is 7.05 Å². The zero-order valence-corrected chi connectivity index (χ0v) is 18.2. The average molecular weight is 439 g/mol. The first-order valence-electron chi connectivity index (χ1n) is 10.0. The molecule has 8 nitrogen and oxygen atoms in total. The smallest absolute Gasteiger partial charge is 0.191 e. The Morgan fingerprint density at radius 3 is 2.66 bits per heavy atom. The lowest BCUT2D eigenvalue weighted by Crippen LogP contribution is -2.29. The average Bonchev–Trinajstić information content (AvgIpc) is 3.24. The van der Waals surface area contributed by atoms with E-state index in [1.807, 2.05) is 13.2 Å². The number of likely N-dealkylation sites (N-methyl/N-ethyl adjacent to an activating group) is 1. The lowest BCUT2D eigenvalue weighted by atomic mass is 10.1. The summed E-state index contributed by atoms with van der Waals surface area (Å²) in [6, 6.07) is 4.74. The number of aromatic nitrogens is 5. The molecule has 0 unspecified atom stereocenters. The molecule has 1 aromatic carbocycles. The highest BCUT2D eigenvalue weighted by Gasteiger charge is 2.25. The minimum Gasteiger partial charge on any atom is -0.494 e. The maximum absolute atomic E-state index is 15.2. The van der Waals surface area contributed by atoms with E-state index >= 15 is 8.78 Å². The maximum atomic E-state index is 15.2. The number of anilines is 2. The molecule has 0 aliphatic carbocycles. The topological polar surface area (TPSA) is 81.0 Å². The quantitative estimate of drug-likeness (QED) is 0.473. The predicted molar refractivity (Wildman–Crippen MR) is 118 cm³/mol. The molecular formula is C22H23F2N7O. The standard InChI is InChI=1S/C22H23F2N7O/c1-13-9-17(32-4)20(24)21(19(13)23)31(8-7-25-2)18-6-5-15-22(29-18)28-16(11-26-15)14-10-27-30(3)12-14/h5-6,9-12,25H,7-8H2,1-4H3. The van der Waals surface area contributed by atoms with Gasteiger partial charge in [0.1, 0.15) is 17.0 Å². The number of pyridine rings is 1. The number of nitrogens with one attached hydrogen (secondary N) is 1. The second-order valence-corrected chi connectivity index (χ2v) is 7.30. The third-order valence-corrected chi connectivity index (χ3v) is 5.07. The van der Waals surface area contributed by atoms with Crippen molar-refractivity contribution in [1.82, 2.24) is 30.0 Å². The summed E-state index contributed by atoms with van der Waals surface area (Å²) in [5.41, 5.74) is 2.37. The van der Waals surface area contributed by atoms with Crippen LogP contribution in [0.2, 0.25) is 0 Å². The van der Waals surface area contributed by atoms with Gasteiger partial charge < -0.3 is 15.0 Å². The molecule has 0 bridgehead atoms. The SMILES string of the molecule is CNCCN(c1ccc2ncc(-c3cnn(C)c3)nc2n1)c1c(F)c(C)cc(OC)c1F. The van der Waals surface area contributed by atoms with Crippen LogP contribution >= 0.6 is 0 Å². The fourth-order valence-corrected chi connectivity index (χ4v) is 3.40. The van der Waals surface area contributed by atoms with E-state index in [0.29, 0.717) is 29.2 Å². The summed E-state index contributed by atoms with van der Waals surface area (Å²) in [7, 11) is 4.93. The Labute approximate surface area is 183 Å². The van der Waals surface area contributed by atoms with Crippen LogP contribution in [-0.4, -0.2) is 52.0 Å². The van der Waals surface area contributed by atoms with Gasteiger partial charge in [-0.3, -0.25) is 9.67 Å². The number of fused-ring (bicyclic) bond motifs is 1. The zero-order chi connectivity index (χ0) is 22.8. The van der Waals surface area contributed by atoms with Crippen molar-refractivity contribution in [3.63, 3.8) is 0 Å². The summed E-state index contributed by atoms with van der Waals surface area (Å²) >= 11 is 0. The fraction of sp³-hybridized carbons (Fsp3) is 0.273. The van der Waals surface area contributed by atoms with E-state index < -0.39 is 11.6 Å². The molecule has 4 aromatic rings.